The second-order valence-corrected chi connectivity index (χ2v) is 4.20. The van der Waals surface area contributed by atoms with Crippen molar-refractivity contribution in [1.82, 2.24) is 9.97 Å². The summed E-state index contributed by atoms with van der Waals surface area (Å²) in [5.74, 6) is 0.167. The molecule has 0 radical (unpaired) electrons. The molecule has 0 unspecified atom stereocenters. The van der Waals surface area contributed by atoms with Crippen LogP contribution < -0.4 is 4.90 Å². The molecule has 17 heavy (non-hydrogen) atoms. The van der Waals surface area contributed by atoms with E-state index in [2.05, 4.69) is 16.0 Å². The number of rotatable bonds is 2. The average Bonchev–Trinajstić information content (AvgIpc) is 2.39. The van der Waals surface area contributed by atoms with Gasteiger partial charge in [-0.1, -0.05) is 6.92 Å². The van der Waals surface area contributed by atoms with E-state index in [4.69, 9.17) is 5.26 Å². The molecule has 1 saturated heterocycles. The molecule has 1 aromatic heterocycles. The molecule has 0 N–H and O–H groups in total. The number of halogens is 1. The minimum Gasteiger partial charge on any atom is -0.354 e. The van der Waals surface area contributed by atoms with Gasteiger partial charge in [-0.15, -0.1) is 0 Å². The Labute approximate surface area is 100 Å². The van der Waals surface area contributed by atoms with Gasteiger partial charge < -0.3 is 4.90 Å². The maximum atomic E-state index is 14.0. The first kappa shape index (κ1) is 11.8. The highest BCUT2D eigenvalue weighted by molar-refractivity contribution is 5.41. The van der Waals surface area contributed by atoms with Gasteiger partial charge in [-0.05, 0) is 19.3 Å². The first-order valence-corrected chi connectivity index (χ1v) is 5.90. The van der Waals surface area contributed by atoms with Crippen molar-refractivity contribution in [3.05, 3.63) is 17.8 Å². The molecule has 0 bridgehead atoms. The van der Waals surface area contributed by atoms with E-state index in [1.165, 1.54) is 6.33 Å². The third-order valence-electron chi connectivity index (χ3n) is 3.16. The number of piperidine rings is 1. The lowest BCUT2D eigenvalue weighted by molar-refractivity contribution is 0.475. The van der Waals surface area contributed by atoms with Gasteiger partial charge in [0.15, 0.2) is 11.6 Å². The Hall–Kier alpha value is -1.70. The van der Waals surface area contributed by atoms with Crippen LogP contribution in [0.25, 0.3) is 0 Å². The summed E-state index contributed by atoms with van der Waals surface area (Å²) >= 11 is 0. The fraction of sp³-hybridized carbons (Fsp3) is 0.583. The monoisotopic (exact) mass is 234 g/mol. The summed E-state index contributed by atoms with van der Waals surface area (Å²) < 4.78 is 14.0. The Balaban J connectivity index is 2.16. The number of nitriles is 1. The number of anilines is 1. The van der Waals surface area contributed by atoms with Crippen LogP contribution in [0, 0.1) is 23.1 Å². The smallest absolute Gasteiger partial charge is 0.187 e. The SMILES string of the molecule is CCc1ncnc(N2CCC(C#N)CC2)c1F. The van der Waals surface area contributed by atoms with E-state index in [1.54, 1.807) is 0 Å². The van der Waals surface area contributed by atoms with Gasteiger partial charge in [0.2, 0.25) is 0 Å². The molecule has 2 heterocycles. The Morgan fingerprint density at radius 3 is 2.76 bits per heavy atom. The summed E-state index contributed by atoms with van der Waals surface area (Å²) in [6.45, 7) is 3.25. The van der Waals surface area contributed by atoms with E-state index in [1.807, 2.05) is 11.8 Å². The molecule has 1 aliphatic rings. The van der Waals surface area contributed by atoms with Crippen molar-refractivity contribution in [2.45, 2.75) is 26.2 Å². The predicted molar refractivity (Wildman–Crippen MR) is 61.9 cm³/mol. The molecule has 1 fully saturated rings. The number of nitrogens with zero attached hydrogens (tertiary/aromatic N) is 4. The fourth-order valence-corrected chi connectivity index (χ4v) is 2.08. The Morgan fingerprint density at radius 2 is 2.18 bits per heavy atom. The topological polar surface area (TPSA) is 52.8 Å². The van der Waals surface area contributed by atoms with Crippen molar-refractivity contribution >= 4 is 5.82 Å². The van der Waals surface area contributed by atoms with Crippen LogP contribution in [0.5, 0.6) is 0 Å². The number of hydrogen-bond acceptors (Lipinski definition) is 4. The van der Waals surface area contributed by atoms with E-state index in [9.17, 15) is 4.39 Å². The number of aryl methyl sites for hydroxylation is 1. The Bertz CT molecular complexity index is 433. The fourth-order valence-electron chi connectivity index (χ4n) is 2.08. The van der Waals surface area contributed by atoms with Gasteiger partial charge in [0, 0.05) is 19.0 Å². The van der Waals surface area contributed by atoms with Gasteiger partial charge >= 0.3 is 0 Å². The van der Waals surface area contributed by atoms with Crippen molar-refractivity contribution < 1.29 is 4.39 Å². The molecule has 0 saturated carbocycles. The summed E-state index contributed by atoms with van der Waals surface area (Å²) in [7, 11) is 0. The molecule has 1 aliphatic heterocycles. The van der Waals surface area contributed by atoms with Crippen LogP contribution >= 0.6 is 0 Å². The van der Waals surface area contributed by atoms with Crippen molar-refractivity contribution in [1.29, 1.82) is 5.26 Å². The van der Waals surface area contributed by atoms with E-state index < -0.39 is 0 Å². The van der Waals surface area contributed by atoms with Crippen LogP contribution in [-0.4, -0.2) is 23.1 Å². The van der Waals surface area contributed by atoms with E-state index >= 15 is 0 Å². The zero-order chi connectivity index (χ0) is 12.3. The number of aromatic nitrogens is 2. The van der Waals surface area contributed by atoms with E-state index in [0.717, 1.165) is 12.8 Å². The average molecular weight is 234 g/mol. The molecule has 0 aliphatic carbocycles. The molecule has 1 aromatic rings. The summed E-state index contributed by atoms with van der Waals surface area (Å²) in [5, 5.41) is 8.82. The van der Waals surface area contributed by atoms with Crippen LogP contribution in [0.1, 0.15) is 25.5 Å². The predicted octanol–water partition coefficient (Wildman–Crippen LogP) is 1.92. The van der Waals surface area contributed by atoms with Crippen molar-refractivity contribution in [2.75, 3.05) is 18.0 Å². The molecule has 4 nitrogen and oxygen atoms in total. The minimum atomic E-state index is -0.314. The lowest BCUT2D eigenvalue weighted by Gasteiger charge is -2.30. The third-order valence-corrected chi connectivity index (χ3v) is 3.16. The molecule has 0 aromatic carbocycles. The molecular weight excluding hydrogens is 219 g/mol. The summed E-state index contributed by atoms with van der Waals surface area (Å²) in [6, 6.07) is 2.26. The van der Waals surface area contributed by atoms with Crippen molar-refractivity contribution in [3.8, 4) is 6.07 Å². The summed E-state index contributed by atoms with van der Waals surface area (Å²) in [4.78, 5) is 9.84. The van der Waals surface area contributed by atoms with Gasteiger partial charge in [0.1, 0.15) is 6.33 Å². The van der Waals surface area contributed by atoms with Gasteiger partial charge in [-0.25, -0.2) is 14.4 Å². The Morgan fingerprint density at radius 1 is 1.47 bits per heavy atom. The second-order valence-electron chi connectivity index (χ2n) is 4.20. The van der Waals surface area contributed by atoms with Crippen LogP contribution in [-0.2, 0) is 6.42 Å². The highest BCUT2D eigenvalue weighted by atomic mass is 19.1. The van der Waals surface area contributed by atoms with Gasteiger partial charge in [-0.2, -0.15) is 5.26 Å². The maximum absolute atomic E-state index is 14.0. The molecular formula is C12H15FN4. The summed E-state index contributed by atoms with van der Waals surface area (Å²) in [6.07, 6.45) is 3.53. The van der Waals surface area contributed by atoms with Gasteiger partial charge in [-0.3, -0.25) is 0 Å². The lowest BCUT2D eigenvalue weighted by atomic mass is 9.98. The first-order chi connectivity index (χ1) is 8.26. The lowest BCUT2D eigenvalue weighted by Crippen LogP contribution is -2.34. The summed E-state index contributed by atoms with van der Waals surface area (Å²) in [5.41, 5.74) is 0.456. The molecule has 0 amide bonds. The van der Waals surface area contributed by atoms with Crippen LogP contribution in [0.2, 0.25) is 0 Å². The number of hydrogen-bond donors (Lipinski definition) is 0. The standard InChI is InChI=1S/C12H15FN4/c1-2-10-11(13)12(16-8-15-10)17-5-3-9(7-14)4-6-17/h8-9H,2-6H2,1H3. The van der Waals surface area contributed by atoms with Crippen molar-refractivity contribution in [2.24, 2.45) is 5.92 Å². The van der Waals surface area contributed by atoms with Crippen LogP contribution in [0.15, 0.2) is 6.33 Å². The third kappa shape index (κ3) is 2.36. The maximum Gasteiger partial charge on any atom is 0.187 e. The normalized spacial score (nSPS) is 16.9. The largest absolute Gasteiger partial charge is 0.354 e. The highest BCUT2D eigenvalue weighted by Gasteiger charge is 2.23. The highest BCUT2D eigenvalue weighted by Crippen LogP contribution is 2.24. The van der Waals surface area contributed by atoms with Gasteiger partial charge in [0.25, 0.3) is 0 Å². The van der Waals surface area contributed by atoms with Crippen LogP contribution in [0.3, 0.4) is 0 Å². The van der Waals surface area contributed by atoms with E-state index in [-0.39, 0.29) is 11.7 Å². The van der Waals surface area contributed by atoms with Crippen molar-refractivity contribution in [3.63, 3.8) is 0 Å². The van der Waals surface area contributed by atoms with Gasteiger partial charge in [0.05, 0.1) is 11.8 Å². The quantitative estimate of drug-likeness (QED) is 0.784. The second kappa shape index (κ2) is 5.09. The Kier molecular flexibility index (Phi) is 3.52. The molecule has 2 rings (SSSR count). The molecule has 0 atom stereocenters. The zero-order valence-corrected chi connectivity index (χ0v) is 9.86. The molecule has 5 heteroatoms. The molecule has 0 spiro atoms. The zero-order valence-electron chi connectivity index (χ0n) is 9.86. The molecule has 90 valence electrons. The minimum absolute atomic E-state index is 0.0989. The van der Waals surface area contributed by atoms with E-state index in [0.29, 0.717) is 31.0 Å². The first-order valence-electron chi connectivity index (χ1n) is 5.90. The van der Waals surface area contributed by atoms with Crippen LogP contribution in [0.4, 0.5) is 10.2 Å².